The first-order valence-electron chi connectivity index (χ1n) is 7.80. The molecule has 0 unspecified atom stereocenters. The number of nitrogens with zero attached hydrogens (tertiary/aromatic N) is 2. The lowest BCUT2D eigenvalue weighted by atomic mass is 10.2. The van der Waals surface area contributed by atoms with Crippen molar-refractivity contribution in [3.8, 4) is 0 Å². The molecule has 24 heavy (non-hydrogen) atoms. The van der Waals surface area contributed by atoms with Gasteiger partial charge in [-0.15, -0.1) is 0 Å². The van der Waals surface area contributed by atoms with Crippen molar-refractivity contribution in [2.24, 2.45) is 0 Å². The molecule has 1 N–H and O–H groups in total. The number of hydrogen-bond donors (Lipinski definition) is 1. The fourth-order valence-corrected chi connectivity index (χ4v) is 2.44. The van der Waals surface area contributed by atoms with Crippen LogP contribution in [0.1, 0.15) is 16.1 Å². The Balaban J connectivity index is 1.72. The van der Waals surface area contributed by atoms with Crippen LogP contribution in [0.15, 0.2) is 79.0 Å². The number of carbonyl (C=O) groups excluding carboxylic acids is 1. The van der Waals surface area contributed by atoms with Gasteiger partial charge in [0.15, 0.2) is 0 Å². The first-order valence-corrected chi connectivity index (χ1v) is 7.80. The number of rotatable bonds is 5. The Hall–Kier alpha value is -3.14. The van der Waals surface area contributed by atoms with Crippen LogP contribution in [0.25, 0.3) is 0 Å². The molecule has 3 aromatic rings. The van der Waals surface area contributed by atoms with Gasteiger partial charge in [0.25, 0.3) is 5.91 Å². The smallest absolute Gasteiger partial charge is 0.272 e. The first-order chi connectivity index (χ1) is 11.7. The molecule has 3 rings (SSSR count). The lowest BCUT2D eigenvalue weighted by Crippen LogP contribution is -2.27. The highest BCUT2D eigenvalue weighted by Crippen LogP contribution is 2.17. The van der Waals surface area contributed by atoms with Crippen molar-refractivity contribution in [1.82, 2.24) is 9.88 Å². The first kappa shape index (κ1) is 15.7. The molecule has 0 bridgehead atoms. The third-order valence-corrected chi connectivity index (χ3v) is 3.65. The largest absolute Gasteiger partial charge is 0.355 e. The second kappa shape index (κ2) is 7.42. The summed E-state index contributed by atoms with van der Waals surface area (Å²) in [6, 6.07) is 23.4. The lowest BCUT2D eigenvalue weighted by Gasteiger charge is -2.17. The maximum Gasteiger partial charge on any atom is 0.272 e. The molecule has 0 atom stereocenters. The van der Waals surface area contributed by atoms with Gasteiger partial charge in [0.1, 0.15) is 5.69 Å². The Labute approximate surface area is 141 Å². The Morgan fingerprint density at radius 3 is 2.33 bits per heavy atom. The van der Waals surface area contributed by atoms with E-state index in [0.29, 0.717) is 12.2 Å². The SMILES string of the molecule is CN(Cc1ccccc1)C(=O)c1cc(Nc2ccccc2)ccn1. The van der Waals surface area contributed by atoms with Gasteiger partial charge in [-0.3, -0.25) is 9.78 Å². The quantitative estimate of drug-likeness (QED) is 0.770. The molecular weight excluding hydrogens is 298 g/mol. The van der Waals surface area contributed by atoms with E-state index in [1.165, 1.54) is 0 Å². The van der Waals surface area contributed by atoms with Gasteiger partial charge in [0.05, 0.1) is 0 Å². The van der Waals surface area contributed by atoms with E-state index in [1.807, 2.05) is 66.7 Å². The van der Waals surface area contributed by atoms with Crippen molar-refractivity contribution in [3.05, 3.63) is 90.3 Å². The maximum atomic E-state index is 12.6. The highest BCUT2D eigenvalue weighted by atomic mass is 16.2. The molecule has 0 saturated carbocycles. The normalized spacial score (nSPS) is 10.2. The van der Waals surface area contributed by atoms with Crippen LogP contribution in [-0.2, 0) is 6.54 Å². The fraction of sp³-hybridized carbons (Fsp3) is 0.100. The second-order valence-corrected chi connectivity index (χ2v) is 5.57. The molecule has 1 heterocycles. The number of amides is 1. The Morgan fingerprint density at radius 1 is 0.958 bits per heavy atom. The van der Waals surface area contributed by atoms with Crippen molar-refractivity contribution in [2.75, 3.05) is 12.4 Å². The molecule has 4 heteroatoms. The van der Waals surface area contributed by atoms with E-state index in [0.717, 1.165) is 16.9 Å². The molecule has 4 nitrogen and oxygen atoms in total. The predicted octanol–water partition coefficient (Wildman–Crippen LogP) is 4.10. The second-order valence-electron chi connectivity index (χ2n) is 5.57. The van der Waals surface area contributed by atoms with Crippen molar-refractivity contribution >= 4 is 17.3 Å². The van der Waals surface area contributed by atoms with E-state index in [-0.39, 0.29) is 5.91 Å². The average Bonchev–Trinajstić information content (AvgIpc) is 2.63. The molecule has 2 aromatic carbocycles. The monoisotopic (exact) mass is 317 g/mol. The molecular formula is C20H19N3O. The number of hydrogen-bond acceptors (Lipinski definition) is 3. The standard InChI is InChI=1S/C20H19N3O/c1-23(15-16-8-4-2-5-9-16)20(24)19-14-18(12-13-21-19)22-17-10-6-3-7-11-17/h2-14H,15H2,1H3,(H,21,22). The summed E-state index contributed by atoms with van der Waals surface area (Å²) >= 11 is 0. The number of anilines is 2. The highest BCUT2D eigenvalue weighted by Gasteiger charge is 2.14. The molecule has 0 radical (unpaired) electrons. The Morgan fingerprint density at radius 2 is 1.62 bits per heavy atom. The summed E-state index contributed by atoms with van der Waals surface area (Å²) in [6.07, 6.45) is 1.65. The van der Waals surface area contributed by atoms with E-state index in [4.69, 9.17) is 0 Å². The van der Waals surface area contributed by atoms with Crippen LogP contribution >= 0.6 is 0 Å². The lowest BCUT2D eigenvalue weighted by molar-refractivity contribution is 0.0779. The minimum absolute atomic E-state index is 0.101. The molecule has 120 valence electrons. The molecule has 0 spiro atoms. The fourth-order valence-electron chi connectivity index (χ4n) is 2.44. The number of para-hydroxylation sites is 1. The van der Waals surface area contributed by atoms with Crippen LogP contribution in [0.3, 0.4) is 0 Å². The third-order valence-electron chi connectivity index (χ3n) is 3.65. The van der Waals surface area contributed by atoms with Crippen LogP contribution in [0.4, 0.5) is 11.4 Å². The third kappa shape index (κ3) is 3.98. The molecule has 0 fully saturated rings. The molecule has 0 aliphatic carbocycles. The summed E-state index contributed by atoms with van der Waals surface area (Å²) in [4.78, 5) is 18.5. The molecule has 0 aliphatic heterocycles. The summed E-state index contributed by atoms with van der Waals surface area (Å²) in [5.74, 6) is -0.101. The van der Waals surface area contributed by atoms with E-state index in [1.54, 1.807) is 24.2 Å². The van der Waals surface area contributed by atoms with Gasteiger partial charge in [-0.25, -0.2) is 0 Å². The van der Waals surface area contributed by atoms with Gasteiger partial charge < -0.3 is 10.2 Å². The van der Waals surface area contributed by atoms with Gasteiger partial charge in [-0.2, -0.15) is 0 Å². The van der Waals surface area contributed by atoms with Gasteiger partial charge >= 0.3 is 0 Å². The number of nitrogens with one attached hydrogen (secondary N) is 1. The molecule has 1 amide bonds. The number of carbonyl (C=O) groups is 1. The van der Waals surface area contributed by atoms with Crippen LogP contribution in [0.2, 0.25) is 0 Å². The molecule has 1 aromatic heterocycles. The van der Waals surface area contributed by atoms with Gasteiger partial charge in [0, 0.05) is 31.2 Å². The molecule has 0 aliphatic rings. The number of aromatic nitrogens is 1. The minimum atomic E-state index is -0.101. The van der Waals surface area contributed by atoms with Gasteiger partial charge in [-0.1, -0.05) is 48.5 Å². The summed E-state index contributed by atoms with van der Waals surface area (Å²) in [7, 11) is 1.79. The predicted molar refractivity (Wildman–Crippen MR) is 96.2 cm³/mol. The van der Waals surface area contributed by atoms with Crippen molar-refractivity contribution in [3.63, 3.8) is 0 Å². The zero-order valence-corrected chi connectivity index (χ0v) is 13.5. The summed E-state index contributed by atoms with van der Waals surface area (Å²) in [6.45, 7) is 0.553. The van der Waals surface area contributed by atoms with Crippen LogP contribution in [0.5, 0.6) is 0 Å². The van der Waals surface area contributed by atoms with Crippen molar-refractivity contribution < 1.29 is 4.79 Å². The van der Waals surface area contributed by atoms with Gasteiger partial charge in [0.2, 0.25) is 0 Å². The summed E-state index contributed by atoms with van der Waals surface area (Å²) in [5, 5.41) is 3.28. The molecule has 0 saturated heterocycles. The zero-order valence-electron chi connectivity index (χ0n) is 13.5. The van der Waals surface area contributed by atoms with E-state index in [2.05, 4.69) is 10.3 Å². The highest BCUT2D eigenvalue weighted by molar-refractivity contribution is 5.93. The van der Waals surface area contributed by atoms with E-state index >= 15 is 0 Å². The number of benzene rings is 2. The zero-order chi connectivity index (χ0) is 16.8. The summed E-state index contributed by atoms with van der Waals surface area (Å²) in [5.41, 5.74) is 3.33. The summed E-state index contributed by atoms with van der Waals surface area (Å²) < 4.78 is 0. The van der Waals surface area contributed by atoms with Crippen LogP contribution in [0, 0.1) is 0 Å². The van der Waals surface area contributed by atoms with Crippen molar-refractivity contribution in [1.29, 1.82) is 0 Å². The van der Waals surface area contributed by atoms with Gasteiger partial charge in [-0.05, 0) is 29.8 Å². The maximum absolute atomic E-state index is 12.6. The number of pyridine rings is 1. The Bertz CT molecular complexity index is 803. The Kier molecular flexibility index (Phi) is 4.87. The van der Waals surface area contributed by atoms with Crippen LogP contribution in [-0.4, -0.2) is 22.8 Å². The average molecular weight is 317 g/mol. The minimum Gasteiger partial charge on any atom is -0.355 e. The van der Waals surface area contributed by atoms with Crippen molar-refractivity contribution in [2.45, 2.75) is 6.54 Å². The van der Waals surface area contributed by atoms with E-state index in [9.17, 15) is 4.79 Å². The topological polar surface area (TPSA) is 45.2 Å². The van der Waals surface area contributed by atoms with E-state index < -0.39 is 0 Å². The van der Waals surface area contributed by atoms with Crippen LogP contribution < -0.4 is 5.32 Å².